The van der Waals surface area contributed by atoms with Gasteiger partial charge in [-0.2, -0.15) is 0 Å². The third-order valence-electron chi connectivity index (χ3n) is 2.87. The van der Waals surface area contributed by atoms with Gasteiger partial charge in [0, 0.05) is 8.95 Å². The van der Waals surface area contributed by atoms with Crippen molar-refractivity contribution >= 4 is 43.5 Å². The lowest BCUT2D eigenvalue weighted by atomic mass is 10.2. The SMILES string of the molecule is Cc1cc(Br)c(NC(=O)CNCC2CC2)c(Br)c1. The Bertz CT molecular complexity index is 435. The van der Waals surface area contributed by atoms with Gasteiger partial charge in [-0.15, -0.1) is 0 Å². The van der Waals surface area contributed by atoms with Gasteiger partial charge in [-0.1, -0.05) is 0 Å². The Balaban J connectivity index is 1.89. The summed E-state index contributed by atoms with van der Waals surface area (Å²) in [6, 6.07) is 3.97. The number of carbonyl (C=O) groups is 1. The highest BCUT2D eigenvalue weighted by molar-refractivity contribution is 9.11. The second-order valence-electron chi connectivity index (χ2n) is 4.73. The molecule has 0 bridgehead atoms. The van der Waals surface area contributed by atoms with E-state index in [0.717, 1.165) is 32.7 Å². The Morgan fingerprint density at radius 2 is 1.94 bits per heavy atom. The second kappa shape index (κ2) is 6.17. The molecule has 1 saturated carbocycles. The molecule has 1 aromatic carbocycles. The summed E-state index contributed by atoms with van der Waals surface area (Å²) in [5.74, 6) is 0.775. The van der Waals surface area contributed by atoms with Crippen molar-refractivity contribution in [2.24, 2.45) is 5.92 Å². The zero-order valence-corrected chi connectivity index (χ0v) is 13.4. The number of halogens is 2. The Morgan fingerprint density at radius 1 is 1.33 bits per heavy atom. The van der Waals surface area contributed by atoms with E-state index in [1.165, 1.54) is 12.8 Å². The van der Waals surface area contributed by atoms with E-state index in [2.05, 4.69) is 42.5 Å². The molecule has 0 unspecified atom stereocenters. The van der Waals surface area contributed by atoms with Gasteiger partial charge >= 0.3 is 0 Å². The maximum Gasteiger partial charge on any atom is 0.238 e. The van der Waals surface area contributed by atoms with Crippen molar-refractivity contribution in [2.45, 2.75) is 19.8 Å². The molecule has 0 saturated heterocycles. The topological polar surface area (TPSA) is 41.1 Å². The molecule has 2 N–H and O–H groups in total. The van der Waals surface area contributed by atoms with E-state index < -0.39 is 0 Å². The first-order valence-corrected chi connectivity index (χ1v) is 7.61. The Kier molecular flexibility index (Phi) is 4.81. The number of amides is 1. The molecule has 1 amide bonds. The van der Waals surface area contributed by atoms with Crippen LogP contribution in [0.1, 0.15) is 18.4 Å². The number of aryl methyl sites for hydroxylation is 1. The smallest absolute Gasteiger partial charge is 0.238 e. The van der Waals surface area contributed by atoms with Gasteiger partial charge in [0.2, 0.25) is 5.91 Å². The van der Waals surface area contributed by atoms with Gasteiger partial charge < -0.3 is 10.6 Å². The van der Waals surface area contributed by atoms with Crippen LogP contribution in [0.25, 0.3) is 0 Å². The summed E-state index contributed by atoms with van der Waals surface area (Å²) in [5.41, 5.74) is 1.93. The molecule has 0 spiro atoms. The quantitative estimate of drug-likeness (QED) is 0.827. The Labute approximate surface area is 124 Å². The molecular formula is C13H16Br2N2O. The highest BCUT2D eigenvalue weighted by Crippen LogP contribution is 2.32. The maximum absolute atomic E-state index is 11.8. The third-order valence-corrected chi connectivity index (χ3v) is 4.12. The fraction of sp³-hybridized carbons (Fsp3) is 0.462. The van der Waals surface area contributed by atoms with Crippen LogP contribution in [0.3, 0.4) is 0 Å². The minimum atomic E-state index is -0.0131. The van der Waals surface area contributed by atoms with Crippen LogP contribution in [0.4, 0.5) is 5.69 Å². The molecule has 0 heterocycles. The average molecular weight is 376 g/mol. The first kappa shape index (κ1) is 14.0. The van der Waals surface area contributed by atoms with Crippen LogP contribution in [0.5, 0.6) is 0 Å². The highest BCUT2D eigenvalue weighted by atomic mass is 79.9. The van der Waals surface area contributed by atoms with Gasteiger partial charge in [0.25, 0.3) is 0 Å². The van der Waals surface area contributed by atoms with E-state index >= 15 is 0 Å². The average Bonchev–Trinajstić information content (AvgIpc) is 3.07. The fourth-order valence-corrected chi connectivity index (χ4v) is 3.33. The highest BCUT2D eigenvalue weighted by Gasteiger charge is 2.20. The van der Waals surface area contributed by atoms with Crippen LogP contribution >= 0.6 is 31.9 Å². The van der Waals surface area contributed by atoms with Crippen LogP contribution in [0.2, 0.25) is 0 Å². The molecule has 18 heavy (non-hydrogen) atoms. The third kappa shape index (κ3) is 4.07. The number of carbonyl (C=O) groups excluding carboxylic acids is 1. The number of rotatable bonds is 5. The predicted molar refractivity (Wildman–Crippen MR) is 80.8 cm³/mol. The van der Waals surface area contributed by atoms with Gasteiger partial charge in [0.1, 0.15) is 0 Å². The summed E-state index contributed by atoms with van der Waals surface area (Å²) in [5, 5.41) is 6.08. The summed E-state index contributed by atoms with van der Waals surface area (Å²) in [6.45, 7) is 3.32. The van der Waals surface area contributed by atoms with Gasteiger partial charge in [0.05, 0.1) is 12.2 Å². The lowest BCUT2D eigenvalue weighted by Crippen LogP contribution is -2.29. The largest absolute Gasteiger partial charge is 0.323 e. The minimum absolute atomic E-state index is 0.0131. The van der Waals surface area contributed by atoms with E-state index in [1.807, 2.05) is 19.1 Å². The van der Waals surface area contributed by atoms with Gasteiger partial charge in [-0.3, -0.25) is 4.79 Å². The summed E-state index contributed by atoms with van der Waals surface area (Å²) in [4.78, 5) is 11.8. The number of nitrogens with one attached hydrogen (secondary N) is 2. The van der Waals surface area contributed by atoms with Crippen molar-refractivity contribution in [1.29, 1.82) is 0 Å². The Morgan fingerprint density at radius 3 is 2.50 bits per heavy atom. The molecule has 1 fully saturated rings. The van der Waals surface area contributed by atoms with E-state index in [4.69, 9.17) is 0 Å². The molecule has 98 valence electrons. The molecule has 0 radical (unpaired) electrons. The van der Waals surface area contributed by atoms with Crippen LogP contribution in [-0.4, -0.2) is 19.0 Å². The molecule has 1 aromatic rings. The lowest BCUT2D eigenvalue weighted by Gasteiger charge is -2.11. The normalized spacial score (nSPS) is 14.6. The van der Waals surface area contributed by atoms with Crippen LogP contribution in [0, 0.1) is 12.8 Å². The van der Waals surface area contributed by atoms with Crippen molar-refractivity contribution in [3.05, 3.63) is 26.6 Å². The van der Waals surface area contributed by atoms with E-state index in [-0.39, 0.29) is 5.91 Å². The zero-order chi connectivity index (χ0) is 13.1. The number of anilines is 1. The van der Waals surface area contributed by atoms with Crippen molar-refractivity contribution in [3.8, 4) is 0 Å². The van der Waals surface area contributed by atoms with Crippen LogP contribution in [-0.2, 0) is 4.79 Å². The van der Waals surface area contributed by atoms with Crippen molar-refractivity contribution in [1.82, 2.24) is 5.32 Å². The van der Waals surface area contributed by atoms with Crippen molar-refractivity contribution in [3.63, 3.8) is 0 Å². The van der Waals surface area contributed by atoms with E-state index in [1.54, 1.807) is 0 Å². The van der Waals surface area contributed by atoms with Gasteiger partial charge in [-0.25, -0.2) is 0 Å². The van der Waals surface area contributed by atoms with Crippen molar-refractivity contribution in [2.75, 3.05) is 18.4 Å². The maximum atomic E-state index is 11.8. The summed E-state index contributed by atoms with van der Waals surface area (Å²) in [7, 11) is 0. The lowest BCUT2D eigenvalue weighted by molar-refractivity contribution is -0.115. The molecule has 1 aliphatic rings. The molecule has 0 aliphatic heterocycles. The van der Waals surface area contributed by atoms with Crippen molar-refractivity contribution < 1.29 is 4.79 Å². The fourth-order valence-electron chi connectivity index (χ4n) is 1.71. The molecule has 0 aromatic heterocycles. The molecule has 2 rings (SSSR count). The number of hydrogen-bond acceptors (Lipinski definition) is 2. The monoisotopic (exact) mass is 374 g/mol. The van der Waals surface area contributed by atoms with Gasteiger partial charge in [0.15, 0.2) is 0 Å². The van der Waals surface area contributed by atoms with E-state index in [0.29, 0.717) is 6.54 Å². The summed E-state index contributed by atoms with van der Waals surface area (Å²) >= 11 is 6.93. The first-order valence-electron chi connectivity index (χ1n) is 6.02. The summed E-state index contributed by atoms with van der Waals surface area (Å²) in [6.07, 6.45) is 2.59. The molecule has 3 nitrogen and oxygen atoms in total. The molecular weight excluding hydrogens is 360 g/mol. The number of hydrogen-bond donors (Lipinski definition) is 2. The van der Waals surface area contributed by atoms with Crippen LogP contribution < -0.4 is 10.6 Å². The summed E-state index contributed by atoms with van der Waals surface area (Å²) < 4.78 is 1.79. The van der Waals surface area contributed by atoms with E-state index in [9.17, 15) is 4.79 Å². The molecule has 0 atom stereocenters. The van der Waals surface area contributed by atoms with Gasteiger partial charge in [-0.05, 0) is 81.8 Å². The first-order chi connectivity index (χ1) is 8.56. The standard InChI is InChI=1S/C13H16Br2N2O/c1-8-4-10(14)13(11(15)5-8)17-12(18)7-16-6-9-2-3-9/h4-5,9,16H,2-3,6-7H2,1H3,(H,17,18). The second-order valence-corrected chi connectivity index (χ2v) is 6.43. The Hall–Kier alpha value is -0.390. The predicted octanol–water partition coefficient (Wildman–Crippen LogP) is 3.46. The number of benzene rings is 1. The zero-order valence-electron chi connectivity index (χ0n) is 10.2. The minimum Gasteiger partial charge on any atom is -0.323 e. The molecule has 5 heteroatoms. The molecule has 1 aliphatic carbocycles. The van der Waals surface area contributed by atoms with Crippen LogP contribution in [0.15, 0.2) is 21.1 Å².